The van der Waals surface area contributed by atoms with Gasteiger partial charge in [-0.15, -0.1) is 0 Å². The number of benzene rings is 12. The molecule has 15 rings (SSSR count). The third-order valence-corrected chi connectivity index (χ3v) is 18.4. The van der Waals surface area contributed by atoms with Crippen LogP contribution in [0.3, 0.4) is 0 Å². The predicted molar refractivity (Wildman–Crippen MR) is 346 cm³/mol. The number of ether oxygens (including phenoxy) is 2. The van der Waals surface area contributed by atoms with Gasteiger partial charge in [0, 0.05) is 40.0 Å². The summed E-state index contributed by atoms with van der Waals surface area (Å²) in [5.41, 5.74) is 9.44. The molecule has 0 N–H and O–H groups in total. The SMILES string of the molecule is C=Cc1ccc(Oc2ccc(C3(c4cc(F)cc(F)c4F)c4ccccc4-c4ccc(N(c5ccc6c(c5)C(c5ccc(Oc7ccc(C=C)cc7)cc5)(c5cc(F)cc(F)c5F)c5ccccc5-6)c5cccc6c5C(C)(C)c5ccccc5-6)cc43)cc2)cc1. The van der Waals surface area contributed by atoms with Crippen LogP contribution < -0.4 is 14.4 Å². The Morgan fingerprint density at radius 1 is 0.344 bits per heavy atom. The fraction of sp³-hybridized carbons (Fsp3) is 0.0617. The predicted octanol–water partition coefficient (Wildman–Crippen LogP) is 21.9. The number of nitrogens with zero attached hydrogens (tertiary/aromatic N) is 1. The van der Waals surface area contributed by atoms with Crippen molar-refractivity contribution in [1.82, 2.24) is 0 Å². The monoisotopic (exact) mass is 1190 g/mol. The summed E-state index contributed by atoms with van der Waals surface area (Å²) in [5, 5.41) is 0. The van der Waals surface area contributed by atoms with Crippen molar-refractivity contribution in [2.45, 2.75) is 30.1 Å². The second-order valence-electron chi connectivity index (χ2n) is 23.6. The van der Waals surface area contributed by atoms with Crippen LogP contribution in [-0.4, -0.2) is 0 Å². The Bertz CT molecular complexity index is 4660. The lowest BCUT2D eigenvalue weighted by molar-refractivity contribution is 0.473. The smallest absolute Gasteiger partial charge is 0.163 e. The zero-order chi connectivity index (χ0) is 61.8. The number of hydrogen-bond donors (Lipinski definition) is 0. The van der Waals surface area contributed by atoms with Gasteiger partial charge in [0.1, 0.15) is 34.6 Å². The zero-order valence-electron chi connectivity index (χ0n) is 48.8. The second kappa shape index (κ2) is 21.2. The molecule has 0 aliphatic heterocycles. The molecule has 2 unspecified atom stereocenters. The fourth-order valence-corrected chi connectivity index (χ4v) is 14.6. The second-order valence-corrected chi connectivity index (χ2v) is 23.6. The van der Waals surface area contributed by atoms with E-state index in [9.17, 15) is 0 Å². The van der Waals surface area contributed by atoms with Gasteiger partial charge in [0.15, 0.2) is 23.3 Å². The highest BCUT2D eigenvalue weighted by Gasteiger charge is 2.51. The lowest BCUT2D eigenvalue weighted by Gasteiger charge is -2.37. The van der Waals surface area contributed by atoms with Crippen molar-refractivity contribution in [3.63, 3.8) is 0 Å². The van der Waals surface area contributed by atoms with Gasteiger partial charge in [0.05, 0.1) is 16.5 Å². The van der Waals surface area contributed by atoms with Crippen molar-refractivity contribution >= 4 is 29.2 Å². The number of hydrogen-bond acceptors (Lipinski definition) is 3. The van der Waals surface area contributed by atoms with E-state index in [-0.39, 0.29) is 11.1 Å². The van der Waals surface area contributed by atoms with Gasteiger partial charge in [-0.2, -0.15) is 0 Å². The van der Waals surface area contributed by atoms with Crippen molar-refractivity contribution in [3.8, 4) is 56.4 Å². The van der Waals surface area contributed by atoms with Crippen LogP contribution in [0.15, 0.2) is 262 Å². The summed E-state index contributed by atoms with van der Waals surface area (Å²) in [6.45, 7) is 12.1. The van der Waals surface area contributed by atoms with E-state index in [1.54, 1.807) is 60.7 Å². The molecule has 12 aromatic carbocycles. The topological polar surface area (TPSA) is 21.7 Å². The molecule has 3 aliphatic carbocycles. The normalized spacial score (nSPS) is 16.0. The summed E-state index contributed by atoms with van der Waals surface area (Å²) in [7, 11) is 0. The van der Waals surface area contributed by atoms with E-state index in [2.05, 4.69) is 50.1 Å². The first kappa shape index (κ1) is 55.7. The molecule has 0 fully saturated rings. The number of rotatable bonds is 13. The Morgan fingerprint density at radius 2 is 0.711 bits per heavy atom. The van der Waals surface area contributed by atoms with E-state index in [1.165, 1.54) is 0 Å². The van der Waals surface area contributed by atoms with Crippen LogP contribution in [0, 0.1) is 34.9 Å². The Kier molecular flexibility index (Phi) is 13.1. The first-order valence-corrected chi connectivity index (χ1v) is 29.6. The maximum absolute atomic E-state index is 17.5. The molecule has 0 amide bonds. The number of anilines is 3. The Labute approximate surface area is 517 Å². The van der Waals surface area contributed by atoms with Crippen LogP contribution in [0.25, 0.3) is 45.5 Å². The average Bonchev–Trinajstić information content (AvgIpc) is 1.52. The largest absolute Gasteiger partial charge is 0.457 e. The van der Waals surface area contributed by atoms with E-state index < -0.39 is 51.1 Å². The van der Waals surface area contributed by atoms with Gasteiger partial charge in [-0.05, 0) is 180 Å². The summed E-state index contributed by atoms with van der Waals surface area (Å²) >= 11 is 0. The Balaban J connectivity index is 0.992. The first-order chi connectivity index (χ1) is 43.7. The van der Waals surface area contributed by atoms with Crippen LogP contribution in [0.5, 0.6) is 23.0 Å². The molecular weight excluding hydrogens is 1130 g/mol. The van der Waals surface area contributed by atoms with Crippen LogP contribution in [0.4, 0.5) is 43.4 Å². The van der Waals surface area contributed by atoms with Crippen LogP contribution in [0.2, 0.25) is 0 Å². The van der Waals surface area contributed by atoms with E-state index in [4.69, 9.17) is 9.47 Å². The highest BCUT2D eigenvalue weighted by atomic mass is 19.2. The number of halogens is 6. The van der Waals surface area contributed by atoms with Crippen LogP contribution in [-0.2, 0) is 16.2 Å². The first-order valence-electron chi connectivity index (χ1n) is 29.6. The minimum Gasteiger partial charge on any atom is -0.457 e. The fourth-order valence-electron chi connectivity index (χ4n) is 14.6. The molecule has 436 valence electrons. The molecule has 0 radical (unpaired) electrons. The third-order valence-electron chi connectivity index (χ3n) is 18.4. The number of fused-ring (bicyclic) bond motifs is 9. The minimum atomic E-state index is -1.70. The maximum atomic E-state index is 17.5. The summed E-state index contributed by atoms with van der Waals surface area (Å²) in [6, 6.07) is 73.7. The van der Waals surface area contributed by atoms with Crippen LogP contribution in [0.1, 0.15) is 80.6 Å². The summed E-state index contributed by atoms with van der Waals surface area (Å²) in [5.74, 6) is -5.01. The molecule has 2 atom stereocenters. The van der Waals surface area contributed by atoms with Crippen molar-refractivity contribution in [2.75, 3.05) is 4.90 Å². The van der Waals surface area contributed by atoms with Crippen LogP contribution >= 0.6 is 0 Å². The Hall–Kier alpha value is -10.9. The molecule has 0 spiro atoms. The van der Waals surface area contributed by atoms with E-state index in [1.807, 2.05) is 158 Å². The quantitative estimate of drug-likeness (QED) is 0.0848. The average molecular weight is 1190 g/mol. The molecular formula is C81H53F6NO2. The molecule has 90 heavy (non-hydrogen) atoms. The molecule has 12 aromatic rings. The maximum Gasteiger partial charge on any atom is 0.163 e. The van der Waals surface area contributed by atoms with Gasteiger partial charge >= 0.3 is 0 Å². The van der Waals surface area contributed by atoms with Crippen molar-refractivity contribution in [3.05, 3.63) is 364 Å². The van der Waals surface area contributed by atoms with E-state index >= 15 is 26.3 Å². The standard InChI is InChI=1S/C81H53F6NO2/c1-5-48-22-32-56(33-23-48)89-58-36-26-50(27-37-58)80(71-42-52(82)44-73(84)77(71)86)67-19-11-8-14-60(67)63-40-30-54(46-69(63)80)88(75-21-13-17-65-62-16-7-10-18-66(62)79(3,4)76(65)75)55-31-41-64-61-15-9-12-20-68(61)81(70(64)47-55,72-43-53(83)45-74(85)78(72)87)51-28-38-59(39-29-51)90-57-34-24-49(6-2)25-35-57/h5-47H,1-2H2,3-4H3. The van der Waals surface area contributed by atoms with Gasteiger partial charge in [-0.1, -0.05) is 185 Å². The van der Waals surface area contributed by atoms with Gasteiger partial charge in [-0.3, -0.25) is 0 Å². The molecule has 3 nitrogen and oxygen atoms in total. The lowest BCUT2D eigenvalue weighted by atomic mass is 9.67. The Morgan fingerprint density at radius 3 is 1.13 bits per heavy atom. The molecule has 0 saturated heterocycles. The molecule has 0 bridgehead atoms. The molecule has 9 heteroatoms. The van der Waals surface area contributed by atoms with Gasteiger partial charge in [0.25, 0.3) is 0 Å². The zero-order valence-corrected chi connectivity index (χ0v) is 48.8. The molecule has 0 aromatic heterocycles. The summed E-state index contributed by atoms with van der Waals surface area (Å²) in [4.78, 5) is 2.11. The highest BCUT2D eigenvalue weighted by Crippen LogP contribution is 2.62. The molecule has 3 aliphatic rings. The van der Waals surface area contributed by atoms with Gasteiger partial charge < -0.3 is 14.4 Å². The molecule has 0 saturated carbocycles. The van der Waals surface area contributed by atoms with E-state index in [0.717, 1.165) is 62.3 Å². The molecule has 0 heterocycles. The summed E-state index contributed by atoms with van der Waals surface area (Å²) in [6.07, 6.45) is 3.47. The third kappa shape index (κ3) is 8.43. The van der Waals surface area contributed by atoms with Crippen molar-refractivity contribution in [1.29, 1.82) is 0 Å². The summed E-state index contributed by atoms with van der Waals surface area (Å²) < 4.78 is 113. The van der Waals surface area contributed by atoms with Gasteiger partial charge in [-0.25, -0.2) is 26.3 Å². The van der Waals surface area contributed by atoms with E-state index in [0.29, 0.717) is 91.0 Å². The van der Waals surface area contributed by atoms with Crippen molar-refractivity contribution in [2.24, 2.45) is 0 Å². The minimum absolute atomic E-state index is 0.243. The highest BCUT2D eigenvalue weighted by molar-refractivity contribution is 5.95. The lowest BCUT2D eigenvalue weighted by Crippen LogP contribution is -2.31. The van der Waals surface area contributed by atoms with Crippen molar-refractivity contribution < 1.29 is 35.8 Å². The van der Waals surface area contributed by atoms with Gasteiger partial charge in [0.2, 0.25) is 0 Å².